The van der Waals surface area contributed by atoms with Crippen LogP contribution in [0.3, 0.4) is 0 Å². The van der Waals surface area contributed by atoms with Gasteiger partial charge in [0, 0.05) is 25.5 Å². The number of nitrogens with zero attached hydrogens (tertiary/aromatic N) is 4. The topological polar surface area (TPSA) is 199 Å². The van der Waals surface area contributed by atoms with Crippen LogP contribution in [0.25, 0.3) is 0 Å². The standard InChI is InChI=1S/C27H30N4O9/c1-30-13-26(11-15(21(32)33)22(34)35)19(17-7-3-5-9-28-17)31(2)20(18-8-4-6-10-29-18)27(14-30,25(26)40)12-16(23(36)37)24(38)39/h3-10,15-16,19-20H,11-14H2,1-2H3,(H,32,33)(H,34,35)(H,36,37)(H,38,39). The van der Waals surface area contributed by atoms with Crippen molar-refractivity contribution >= 4 is 29.7 Å². The van der Waals surface area contributed by atoms with Gasteiger partial charge in [0.2, 0.25) is 0 Å². The van der Waals surface area contributed by atoms with E-state index in [1.54, 1.807) is 60.3 Å². The molecule has 2 aromatic heterocycles. The number of hydrogen-bond acceptors (Lipinski definition) is 9. The highest BCUT2D eigenvalue weighted by atomic mass is 16.4. The monoisotopic (exact) mass is 554 g/mol. The van der Waals surface area contributed by atoms with Gasteiger partial charge in [0.25, 0.3) is 0 Å². The molecule has 4 atom stereocenters. The fourth-order valence-electron chi connectivity index (χ4n) is 6.89. The van der Waals surface area contributed by atoms with E-state index in [2.05, 4.69) is 9.97 Å². The molecule has 13 heteroatoms. The number of carboxylic acids is 4. The second-order valence-corrected chi connectivity index (χ2v) is 10.7. The number of pyridine rings is 2. The number of rotatable bonds is 10. The number of fused-ring (bicyclic) bond motifs is 2. The molecular weight excluding hydrogens is 524 g/mol. The van der Waals surface area contributed by atoms with Gasteiger partial charge in [-0.1, -0.05) is 12.1 Å². The van der Waals surface area contributed by atoms with Gasteiger partial charge >= 0.3 is 23.9 Å². The minimum Gasteiger partial charge on any atom is -0.481 e. The number of aromatic nitrogens is 2. The molecule has 13 nitrogen and oxygen atoms in total. The highest BCUT2D eigenvalue weighted by Crippen LogP contribution is 2.62. The molecule has 2 aliphatic heterocycles. The lowest BCUT2D eigenvalue weighted by atomic mass is 9.51. The predicted molar refractivity (Wildman–Crippen MR) is 136 cm³/mol. The molecular formula is C27H30N4O9. The largest absolute Gasteiger partial charge is 0.481 e. The highest BCUT2D eigenvalue weighted by Gasteiger charge is 2.69. The summed E-state index contributed by atoms with van der Waals surface area (Å²) >= 11 is 0. The van der Waals surface area contributed by atoms with Gasteiger partial charge in [-0.2, -0.15) is 0 Å². The lowest BCUT2D eigenvalue weighted by Crippen LogP contribution is -2.71. The second kappa shape index (κ2) is 10.7. The molecule has 0 spiro atoms. The van der Waals surface area contributed by atoms with E-state index in [0.717, 1.165) is 0 Å². The Morgan fingerprint density at radius 1 is 0.775 bits per heavy atom. The maximum absolute atomic E-state index is 15.0. The van der Waals surface area contributed by atoms with Gasteiger partial charge < -0.3 is 25.3 Å². The molecule has 40 heavy (non-hydrogen) atoms. The molecule has 0 saturated carbocycles. The van der Waals surface area contributed by atoms with Gasteiger partial charge in [-0.15, -0.1) is 0 Å². The Labute approximate surface area is 229 Å². The third-order valence-corrected chi connectivity index (χ3v) is 8.13. The Morgan fingerprint density at radius 2 is 1.15 bits per heavy atom. The van der Waals surface area contributed by atoms with E-state index in [1.165, 1.54) is 12.4 Å². The second-order valence-electron chi connectivity index (χ2n) is 10.7. The van der Waals surface area contributed by atoms with Crippen LogP contribution in [0, 0.1) is 22.7 Å². The number of carboxylic acid groups (broad SMARTS) is 4. The third-order valence-electron chi connectivity index (χ3n) is 8.13. The number of carbonyl (C=O) groups is 5. The smallest absolute Gasteiger partial charge is 0.317 e. The van der Waals surface area contributed by atoms with Crippen molar-refractivity contribution in [1.82, 2.24) is 19.8 Å². The van der Waals surface area contributed by atoms with Crippen LogP contribution < -0.4 is 0 Å². The summed E-state index contributed by atoms with van der Waals surface area (Å²) in [6.45, 7) is -0.119. The van der Waals surface area contributed by atoms with E-state index in [1.807, 2.05) is 0 Å². The Hall–Kier alpha value is -4.23. The fraction of sp³-hybridized carbons (Fsp3) is 0.444. The molecule has 4 unspecified atom stereocenters. The molecule has 0 amide bonds. The van der Waals surface area contributed by atoms with Crippen molar-refractivity contribution in [1.29, 1.82) is 0 Å². The Balaban J connectivity index is 2.05. The van der Waals surface area contributed by atoms with Crippen LogP contribution in [-0.4, -0.2) is 97.0 Å². The van der Waals surface area contributed by atoms with E-state index >= 15 is 0 Å². The summed E-state index contributed by atoms with van der Waals surface area (Å²) in [4.78, 5) is 75.8. The maximum Gasteiger partial charge on any atom is 0.317 e. The van der Waals surface area contributed by atoms with Crippen molar-refractivity contribution in [2.75, 3.05) is 27.2 Å². The van der Waals surface area contributed by atoms with Crippen LogP contribution in [0.2, 0.25) is 0 Å². The molecule has 2 bridgehead atoms. The number of hydrogen-bond donors (Lipinski definition) is 4. The van der Waals surface area contributed by atoms with Crippen molar-refractivity contribution in [3.05, 3.63) is 60.2 Å². The molecule has 0 radical (unpaired) electrons. The molecule has 2 aliphatic rings. The summed E-state index contributed by atoms with van der Waals surface area (Å²) in [6, 6.07) is 8.12. The minimum absolute atomic E-state index is 0.0596. The first-order valence-corrected chi connectivity index (χ1v) is 12.5. The van der Waals surface area contributed by atoms with Gasteiger partial charge in [0.15, 0.2) is 17.6 Å². The van der Waals surface area contributed by atoms with Gasteiger partial charge in [-0.05, 0) is 51.2 Å². The lowest BCUT2D eigenvalue weighted by molar-refractivity contribution is -0.190. The quantitative estimate of drug-likeness (QED) is 0.304. The Kier molecular flexibility index (Phi) is 7.72. The zero-order valence-electron chi connectivity index (χ0n) is 21.9. The van der Waals surface area contributed by atoms with E-state index in [4.69, 9.17) is 0 Å². The van der Waals surface area contributed by atoms with E-state index in [-0.39, 0.29) is 13.1 Å². The maximum atomic E-state index is 15.0. The zero-order valence-corrected chi connectivity index (χ0v) is 21.9. The first kappa shape index (κ1) is 28.8. The minimum atomic E-state index is -1.96. The summed E-state index contributed by atoms with van der Waals surface area (Å²) in [7, 11) is 3.31. The molecule has 0 aromatic carbocycles. The van der Waals surface area contributed by atoms with E-state index < -0.39 is 77.3 Å². The molecule has 2 fully saturated rings. The number of aliphatic carboxylic acids is 4. The molecule has 4 rings (SSSR count). The Morgan fingerprint density at radius 3 is 1.45 bits per heavy atom. The molecule has 2 aromatic rings. The average Bonchev–Trinajstić information content (AvgIpc) is 2.89. The fourth-order valence-corrected chi connectivity index (χ4v) is 6.89. The Bertz CT molecular complexity index is 1200. The van der Waals surface area contributed by atoms with Crippen molar-refractivity contribution in [2.45, 2.75) is 24.9 Å². The summed E-state index contributed by atoms with van der Waals surface area (Å²) < 4.78 is 0. The van der Waals surface area contributed by atoms with Crippen molar-refractivity contribution < 1.29 is 44.4 Å². The highest BCUT2D eigenvalue weighted by molar-refractivity contribution is 5.99. The van der Waals surface area contributed by atoms with Crippen molar-refractivity contribution in [2.24, 2.45) is 22.7 Å². The number of Topliss-reactive ketones (excluding diaryl/α,β-unsaturated/α-hetero) is 1. The molecule has 2 saturated heterocycles. The number of carbonyl (C=O) groups excluding carboxylic acids is 1. The lowest BCUT2D eigenvalue weighted by Gasteiger charge is -2.63. The SMILES string of the molecule is CN1CC2(CC(C(=O)O)C(=O)O)C(=O)C(CC(C(=O)O)C(=O)O)(C1)C(c1ccccn1)N(C)C2c1ccccn1. The summed E-state index contributed by atoms with van der Waals surface area (Å²) in [5, 5.41) is 39.3. The first-order valence-electron chi connectivity index (χ1n) is 12.5. The van der Waals surface area contributed by atoms with E-state index in [0.29, 0.717) is 11.4 Å². The first-order chi connectivity index (χ1) is 18.9. The van der Waals surface area contributed by atoms with Crippen molar-refractivity contribution in [3.63, 3.8) is 0 Å². The number of likely N-dealkylation sites (tertiary alicyclic amines) is 2. The molecule has 0 aliphatic carbocycles. The van der Waals surface area contributed by atoms with Gasteiger partial charge in [-0.25, -0.2) is 0 Å². The van der Waals surface area contributed by atoms with Crippen LogP contribution >= 0.6 is 0 Å². The van der Waals surface area contributed by atoms with Gasteiger partial charge in [-0.3, -0.25) is 38.8 Å². The van der Waals surface area contributed by atoms with E-state index in [9.17, 15) is 44.4 Å². The normalized spacial score (nSPS) is 27.1. The predicted octanol–water partition coefficient (Wildman–Crippen LogP) is 1.04. The zero-order chi connectivity index (χ0) is 29.4. The van der Waals surface area contributed by atoms with Crippen LogP contribution in [0.5, 0.6) is 0 Å². The summed E-state index contributed by atoms with van der Waals surface area (Å²) in [5.41, 5.74) is -2.65. The molecule has 4 heterocycles. The van der Waals surface area contributed by atoms with Gasteiger partial charge in [0.05, 0.1) is 34.3 Å². The van der Waals surface area contributed by atoms with Crippen LogP contribution in [0.1, 0.15) is 36.3 Å². The third kappa shape index (κ3) is 4.71. The number of piperidine rings is 2. The molecule has 212 valence electrons. The summed E-state index contributed by atoms with van der Waals surface area (Å²) in [5.74, 6) is -11.0. The van der Waals surface area contributed by atoms with Crippen molar-refractivity contribution in [3.8, 4) is 0 Å². The average molecular weight is 555 g/mol. The number of ketones is 1. The van der Waals surface area contributed by atoms with Crippen LogP contribution in [0.15, 0.2) is 48.8 Å². The van der Waals surface area contributed by atoms with Crippen LogP contribution in [-0.2, 0) is 24.0 Å². The molecule has 4 N–H and O–H groups in total. The summed E-state index contributed by atoms with van der Waals surface area (Å²) in [6.07, 6.45) is 1.77. The van der Waals surface area contributed by atoms with Crippen LogP contribution in [0.4, 0.5) is 0 Å². The van der Waals surface area contributed by atoms with Gasteiger partial charge in [0.1, 0.15) is 0 Å².